The summed E-state index contributed by atoms with van der Waals surface area (Å²) in [5.74, 6) is 1.20. The highest BCUT2D eigenvalue weighted by atomic mass is 31.1. The summed E-state index contributed by atoms with van der Waals surface area (Å²) in [6.45, 7) is 6.74. The van der Waals surface area contributed by atoms with Gasteiger partial charge in [-0.15, -0.1) is 0 Å². The second-order valence-electron chi connectivity index (χ2n) is 4.93. The minimum Gasteiger partial charge on any atom is -0.462 e. The molecule has 1 aliphatic carbocycles. The van der Waals surface area contributed by atoms with Crippen molar-refractivity contribution in [1.29, 1.82) is 0 Å². The molecule has 0 aromatic heterocycles. The van der Waals surface area contributed by atoms with Crippen LogP contribution in [0.5, 0.6) is 0 Å². The van der Waals surface area contributed by atoms with E-state index in [-0.39, 0.29) is 12.2 Å². The maximum atomic E-state index is 10.4. The van der Waals surface area contributed by atoms with E-state index in [1.165, 1.54) is 6.42 Å². The summed E-state index contributed by atoms with van der Waals surface area (Å²) in [4.78, 5) is 15.8. The van der Waals surface area contributed by atoms with Gasteiger partial charge in [0, 0.05) is 11.6 Å². The highest BCUT2D eigenvalue weighted by molar-refractivity contribution is 7.52. The fourth-order valence-corrected chi connectivity index (χ4v) is 4.74. The fraction of sp³-hybridized carbons (Fsp3) is 0.909. The summed E-state index contributed by atoms with van der Waals surface area (Å²) >= 11 is 0. The SMILES string of the molecule is CC1CC2C(C(C)OC=O)OOP(C)C2C1. The van der Waals surface area contributed by atoms with Crippen molar-refractivity contribution < 1.29 is 19.1 Å². The number of carbonyl (C=O) groups excluding carboxylic acids is 1. The Morgan fingerprint density at radius 1 is 1.50 bits per heavy atom. The molecule has 16 heavy (non-hydrogen) atoms. The summed E-state index contributed by atoms with van der Waals surface area (Å²) in [6.07, 6.45) is 2.04. The Morgan fingerprint density at radius 2 is 2.25 bits per heavy atom. The summed E-state index contributed by atoms with van der Waals surface area (Å²) in [6, 6.07) is 0. The van der Waals surface area contributed by atoms with E-state index in [1.54, 1.807) is 0 Å². The van der Waals surface area contributed by atoms with Crippen molar-refractivity contribution in [1.82, 2.24) is 0 Å². The van der Waals surface area contributed by atoms with Crippen molar-refractivity contribution in [2.75, 3.05) is 6.66 Å². The van der Waals surface area contributed by atoms with E-state index in [0.717, 1.165) is 12.3 Å². The van der Waals surface area contributed by atoms with E-state index >= 15 is 0 Å². The Balaban J connectivity index is 2.07. The van der Waals surface area contributed by atoms with E-state index in [9.17, 15) is 4.79 Å². The molecule has 1 heterocycles. The van der Waals surface area contributed by atoms with Crippen LogP contribution in [0.4, 0.5) is 0 Å². The second kappa shape index (κ2) is 4.99. The van der Waals surface area contributed by atoms with Crippen molar-refractivity contribution in [2.24, 2.45) is 11.8 Å². The van der Waals surface area contributed by atoms with Gasteiger partial charge in [0.15, 0.2) is 0 Å². The van der Waals surface area contributed by atoms with E-state index in [2.05, 4.69) is 13.6 Å². The van der Waals surface area contributed by atoms with Gasteiger partial charge < -0.3 is 4.74 Å². The molecule has 0 N–H and O–H groups in total. The lowest BCUT2D eigenvalue weighted by atomic mass is 9.95. The number of rotatable bonds is 3. The average Bonchev–Trinajstić information content (AvgIpc) is 2.61. The van der Waals surface area contributed by atoms with E-state index in [4.69, 9.17) is 14.3 Å². The molecule has 0 aromatic carbocycles. The van der Waals surface area contributed by atoms with Crippen LogP contribution in [0.25, 0.3) is 0 Å². The summed E-state index contributed by atoms with van der Waals surface area (Å²) in [7, 11) is -0.485. The molecule has 1 saturated heterocycles. The van der Waals surface area contributed by atoms with Gasteiger partial charge in [-0.2, -0.15) is 0 Å². The van der Waals surface area contributed by atoms with Crippen molar-refractivity contribution in [3.05, 3.63) is 0 Å². The molecule has 2 aliphatic rings. The Hall–Kier alpha value is -0.180. The highest BCUT2D eigenvalue weighted by Crippen LogP contribution is 2.56. The Kier molecular flexibility index (Phi) is 3.83. The molecular weight excluding hydrogens is 227 g/mol. The van der Waals surface area contributed by atoms with Crippen LogP contribution in [-0.2, 0) is 19.1 Å². The third kappa shape index (κ3) is 2.24. The number of ether oxygens (including phenoxy) is 1. The molecule has 2 rings (SSSR count). The van der Waals surface area contributed by atoms with Crippen molar-refractivity contribution in [2.45, 2.75) is 44.6 Å². The lowest BCUT2D eigenvalue weighted by Crippen LogP contribution is -2.42. The highest BCUT2D eigenvalue weighted by Gasteiger charge is 2.47. The smallest absolute Gasteiger partial charge is 0.293 e. The van der Waals surface area contributed by atoms with Crippen molar-refractivity contribution >= 4 is 14.6 Å². The van der Waals surface area contributed by atoms with E-state index in [0.29, 0.717) is 18.0 Å². The minimum atomic E-state index is -0.485. The molecule has 4 nitrogen and oxygen atoms in total. The van der Waals surface area contributed by atoms with Crippen LogP contribution in [0.3, 0.4) is 0 Å². The van der Waals surface area contributed by atoms with Crippen LogP contribution in [0, 0.1) is 11.8 Å². The molecule has 1 saturated carbocycles. The first-order valence-corrected chi connectivity index (χ1v) is 7.56. The second-order valence-corrected chi connectivity index (χ2v) is 6.83. The van der Waals surface area contributed by atoms with Gasteiger partial charge in [0.2, 0.25) is 0 Å². The topological polar surface area (TPSA) is 44.8 Å². The average molecular weight is 246 g/mol. The predicted octanol–water partition coefficient (Wildman–Crippen LogP) is 2.32. The summed E-state index contributed by atoms with van der Waals surface area (Å²) in [5, 5.41) is 0. The Morgan fingerprint density at radius 3 is 2.94 bits per heavy atom. The van der Waals surface area contributed by atoms with Gasteiger partial charge >= 0.3 is 0 Å². The monoisotopic (exact) mass is 246 g/mol. The van der Waals surface area contributed by atoms with Gasteiger partial charge in [-0.3, -0.25) is 4.79 Å². The van der Waals surface area contributed by atoms with Crippen LogP contribution < -0.4 is 0 Å². The van der Waals surface area contributed by atoms with Crippen LogP contribution in [0.2, 0.25) is 0 Å². The molecular formula is C11H19O4P. The number of carbonyl (C=O) groups is 1. The number of fused-ring (bicyclic) bond motifs is 1. The first kappa shape index (κ1) is 12.3. The first-order valence-electron chi connectivity index (χ1n) is 5.79. The summed E-state index contributed by atoms with van der Waals surface area (Å²) < 4.78 is 10.4. The molecule has 6 unspecified atom stereocenters. The lowest BCUT2D eigenvalue weighted by Gasteiger charge is -2.38. The normalized spacial score (nSPS) is 44.8. The van der Waals surface area contributed by atoms with Gasteiger partial charge in [0.05, 0.1) is 8.15 Å². The molecule has 5 heteroatoms. The largest absolute Gasteiger partial charge is 0.462 e. The molecule has 0 aromatic rings. The maximum Gasteiger partial charge on any atom is 0.293 e. The third-order valence-corrected chi connectivity index (χ3v) is 5.56. The minimum absolute atomic E-state index is 0.0983. The molecule has 1 aliphatic heterocycles. The zero-order valence-corrected chi connectivity index (χ0v) is 10.9. The molecule has 6 atom stereocenters. The summed E-state index contributed by atoms with van der Waals surface area (Å²) in [5.41, 5.74) is 0.599. The maximum absolute atomic E-state index is 10.4. The van der Waals surface area contributed by atoms with Gasteiger partial charge in [0.25, 0.3) is 6.47 Å². The third-order valence-electron chi connectivity index (χ3n) is 3.71. The van der Waals surface area contributed by atoms with Crippen LogP contribution in [-0.4, -0.2) is 31.0 Å². The van der Waals surface area contributed by atoms with Gasteiger partial charge in [-0.05, 0) is 32.3 Å². The zero-order valence-electron chi connectivity index (χ0n) is 9.96. The standard InChI is InChI=1S/C11H19O4P/c1-7-4-9-10(5-7)16(3)15-14-11(9)8(2)13-6-12/h6-11H,4-5H2,1-3H3. The Labute approximate surface area is 97.4 Å². The van der Waals surface area contributed by atoms with Gasteiger partial charge in [-0.25, -0.2) is 9.56 Å². The molecule has 92 valence electrons. The Bertz CT molecular complexity index is 260. The van der Waals surface area contributed by atoms with E-state index < -0.39 is 8.15 Å². The van der Waals surface area contributed by atoms with Crippen molar-refractivity contribution in [3.8, 4) is 0 Å². The van der Waals surface area contributed by atoms with E-state index in [1.807, 2.05) is 6.92 Å². The molecule has 0 spiro atoms. The number of hydrogen-bond donors (Lipinski definition) is 0. The molecule has 0 radical (unpaired) electrons. The van der Waals surface area contributed by atoms with Crippen LogP contribution in [0.1, 0.15) is 26.7 Å². The zero-order chi connectivity index (χ0) is 11.7. The number of hydrogen-bond acceptors (Lipinski definition) is 4. The van der Waals surface area contributed by atoms with Crippen LogP contribution in [0.15, 0.2) is 0 Å². The molecule has 0 bridgehead atoms. The van der Waals surface area contributed by atoms with Crippen LogP contribution >= 0.6 is 8.15 Å². The van der Waals surface area contributed by atoms with Gasteiger partial charge in [0.1, 0.15) is 12.2 Å². The predicted molar refractivity (Wildman–Crippen MR) is 61.1 cm³/mol. The first-order chi connectivity index (χ1) is 7.63. The quantitative estimate of drug-likeness (QED) is 0.435. The lowest BCUT2D eigenvalue weighted by molar-refractivity contribution is -0.284. The molecule has 0 amide bonds. The van der Waals surface area contributed by atoms with Crippen molar-refractivity contribution in [3.63, 3.8) is 0 Å². The molecule has 2 fully saturated rings. The fourth-order valence-electron chi connectivity index (χ4n) is 2.91. The van der Waals surface area contributed by atoms with Gasteiger partial charge in [-0.1, -0.05) is 6.92 Å².